The van der Waals surface area contributed by atoms with Crippen molar-refractivity contribution in [3.63, 3.8) is 0 Å². The van der Waals surface area contributed by atoms with E-state index in [0.29, 0.717) is 11.4 Å². The lowest BCUT2D eigenvalue weighted by Gasteiger charge is -2.11. The van der Waals surface area contributed by atoms with Crippen LogP contribution in [0, 0.1) is 6.92 Å². The second-order valence-electron chi connectivity index (χ2n) is 4.09. The van der Waals surface area contributed by atoms with Crippen LogP contribution in [0.4, 0.5) is 11.4 Å². The third-order valence-corrected chi connectivity index (χ3v) is 3.48. The molecule has 0 atom stereocenters. The molecule has 0 heterocycles. The van der Waals surface area contributed by atoms with E-state index in [9.17, 15) is 8.42 Å². The van der Waals surface area contributed by atoms with Crippen molar-refractivity contribution < 1.29 is 8.42 Å². The van der Waals surface area contributed by atoms with E-state index in [1.54, 1.807) is 12.1 Å². The Kier molecular flexibility index (Phi) is 2.77. The zero-order valence-electron chi connectivity index (χ0n) is 9.03. The molecule has 0 unspecified atom stereocenters. The van der Waals surface area contributed by atoms with E-state index in [4.69, 9.17) is 5.73 Å². The lowest BCUT2D eigenvalue weighted by molar-refractivity contribution is 0.586. The van der Waals surface area contributed by atoms with E-state index in [2.05, 4.69) is 9.44 Å². The molecule has 1 aliphatic rings. The van der Waals surface area contributed by atoms with E-state index < -0.39 is 10.2 Å². The van der Waals surface area contributed by atoms with Gasteiger partial charge in [-0.1, -0.05) is 6.07 Å². The first-order chi connectivity index (χ1) is 7.46. The van der Waals surface area contributed by atoms with Crippen LogP contribution in [0.5, 0.6) is 0 Å². The van der Waals surface area contributed by atoms with Crippen LogP contribution in [0.3, 0.4) is 0 Å². The molecule has 0 aliphatic heterocycles. The maximum atomic E-state index is 11.6. The van der Waals surface area contributed by atoms with Gasteiger partial charge in [0.25, 0.3) is 10.2 Å². The highest BCUT2D eigenvalue weighted by molar-refractivity contribution is 7.90. The van der Waals surface area contributed by atoms with Gasteiger partial charge in [-0.2, -0.15) is 13.1 Å². The van der Waals surface area contributed by atoms with Gasteiger partial charge in [0, 0.05) is 6.04 Å². The van der Waals surface area contributed by atoms with Crippen LogP contribution in [0.1, 0.15) is 18.4 Å². The lowest BCUT2D eigenvalue weighted by Crippen LogP contribution is -2.32. The molecule has 4 N–H and O–H groups in total. The maximum Gasteiger partial charge on any atom is 0.299 e. The number of nitrogens with one attached hydrogen (secondary N) is 2. The average Bonchev–Trinajstić information content (AvgIpc) is 2.94. The molecule has 1 fully saturated rings. The molecule has 0 spiro atoms. The van der Waals surface area contributed by atoms with Crippen molar-refractivity contribution in [2.24, 2.45) is 0 Å². The first-order valence-electron chi connectivity index (χ1n) is 5.12. The molecule has 1 aromatic carbocycles. The summed E-state index contributed by atoms with van der Waals surface area (Å²) in [6.07, 6.45) is 1.81. The summed E-state index contributed by atoms with van der Waals surface area (Å²) in [5, 5.41) is 0. The molecule has 0 amide bonds. The van der Waals surface area contributed by atoms with Gasteiger partial charge in [0.2, 0.25) is 0 Å². The number of nitrogen functional groups attached to an aromatic ring is 1. The third kappa shape index (κ3) is 2.86. The highest BCUT2D eigenvalue weighted by Gasteiger charge is 2.27. The summed E-state index contributed by atoms with van der Waals surface area (Å²) in [7, 11) is -3.49. The van der Waals surface area contributed by atoms with Crippen LogP contribution in [0.15, 0.2) is 18.2 Å². The van der Waals surface area contributed by atoms with Gasteiger partial charge in [-0.3, -0.25) is 4.72 Å². The van der Waals surface area contributed by atoms with Crippen LogP contribution < -0.4 is 15.2 Å². The fourth-order valence-electron chi connectivity index (χ4n) is 1.35. The number of benzene rings is 1. The van der Waals surface area contributed by atoms with Gasteiger partial charge in [-0.15, -0.1) is 0 Å². The zero-order chi connectivity index (χ0) is 11.8. The predicted octanol–water partition coefficient (Wildman–Crippen LogP) is 0.986. The summed E-state index contributed by atoms with van der Waals surface area (Å²) in [4.78, 5) is 0. The van der Waals surface area contributed by atoms with Crippen LogP contribution in [-0.2, 0) is 10.2 Å². The molecule has 0 saturated heterocycles. The normalized spacial score (nSPS) is 16.1. The van der Waals surface area contributed by atoms with Crippen molar-refractivity contribution in [1.82, 2.24) is 4.72 Å². The number of aryl methyl sites for hydroxylation is 1. The number of nitrogens with two attached hydrogens (primary N) is 1. The molecule has 6 heteroatoms. The predicted molar refractivity (Wildman–Crippen MR) is 64.3 cm³/mol. The van der Waals surface area contributed by atoms with Crippen molar-refractivity contribution in [3.8, 4) is 0 Å². The van der Waals surface area contributed by atoms with Gasteiger partial charge in [-0.25, -0.2) is 0 Å². The first-order valence-corrected chi connectivity index (χ1v) is 6.61. The molecule has 16 heavy (non-hydrogen) atoms. The summed E-state index contributed by atoms with van der Waals surface area (Å²) in [5.41, 5.74) is 7.49. The molecule has 2 rings (SSSR count). The monoisotopic (exact) mass is 241 g/mol. The van der Waals surface area contributed by atoms with Crippen molar-refractivity contribution in [1.29, 1.82) is 0 Å². The molecule has 0 bridgehead atoms. The highest BCUT2D eigenvalue weighted by Crippen LogP contribution is 2.23. The Hall–Kier alpha value is -1.27. The molecular weight excluding hydrogens is 226 g/mol. The van der Waals surface area contributed by atoms with Crippen molar-refractivity contribution >= 4 is 21.6 Å². The highest BCUT2D eigenvalue weighted by atomic mass is 32.2. The quantitative estimate of drug-likeness (QED) is 0.687. The summed E-state index contributed by atoms with van der Waals surface area (Å²) in [6.45, 7) is 1.88. The van der Waals surface area contributed by atoms with Gasteiger partial charge in [0.05, 0.1) is 11.4 Å². The van der Waals surface area contributed by atoms with Crippen LogP contribution in [0.25, 0.3) is 0 Å². The fourth-order valence-corrected chi connectivity index (χ4v) is 2.55. The van der Waals surface area contributed by atoms with Crippen LogP contribution in [-0.4, -0.2) is 14.5 Å². The second-order valence-corrected chi connectivity index (χ2v) is 5.54. The molecule has 88 valence electrons. The smallest absolute Gasteiger partial charge is 0.299 e. The first kappa shape index (κ1) is 11.2. The maximum absolute atomic E-state index is 11.6. The number of hydrogen-bond donors (Lipinski definition) is 3. The van der Waals surface area contributed by atoms with Crippen molar-refractivity contribution in [3.05, 3.63) is 23.8 Å². The van der Waals surface area contributed by atoms with E-state index >= 15 is 0 Å². The van der Waals surface area contributed by atoms with Crippen molar-refractivity contribution in [2.75, 3.05) is 10.5 Å². The summed E-state index contributed by atoms with van der Waals surface area (Å²) in [5.74, 6) is 0. The zero-order valence-corrected chi connectivity index (χ0v) is 9.84. The Morgan fingerprint density at radius 2 is 2.06 bits per heavy atom. The molecular formula is C10H15N3O2S. The third-order valence-electron chi connectivity index (χ3n) is 2.35. The largest absolute Gasteiger partial charge is 0.397 e. The molecule has 5 nitrogen and oxygen atoms in total. The standard InChI is InChI=1S/C10H15N3O2S/c1-7-2-5-9(11)10(6-7)13-16(14,15)12-8-3-4-8/h2,5-6,8,12-13H,3-4,11H2,1H3. The van der Waals surface area contributed by atoms with E-state index in [-0.39, 0.29) is 6.04 Å². The number of hydrogen-bond acceptors (Lipinski definition) is 3. The summed E-state index contributed by atoms with van der Waals surface area (Å²) >= 11 is 0. The Morgan fingerprint density at radius 3 is 2.69 bits per heavy atom. The SMILES string of the molecule is Cc1ccc(N)c(NS(=O)(=O)NC2CC2)c1. The lowest BCUT2D eigenvalue weighted by atomic mass is 10.2. The Labute approximate surface area is 95.2 Å². The van der Waals surface area contributed by atoms with E-state index in [0.717, 1.165) is 18.4 Å². The summed E-state index contributed by atoms with van der Waals surface area (Å²) in [6, 6.07) is 5.32. The molecule has 1 aromatic rings. The van der Waals surface area contributed by atoms with Crippen molar-refractivity contribution in [2.45, 2.75) is 25.8 Å². The van der Waals surface area contributed by atoms with Crippen LogP contribution in [0.2, 0.25) is 0 Å². The minimum absolute atomic E-state index is 0.0866. The topological polar surface area (TPSA) is 84.2 Å². The minimum Gasteiger partial charge on any atom is -0.397 e. The van der Waals surface area contributed by atoms with Crippen LogP contribution >= 0.6 is 0 Å². The Morgan fingerprint density at radius 1 is 1.38 bits per heavy atom. The molecule has 1 aliphatic carbocycles. The van der Waals surface area contributed by atoms with Gasteiger partial charge >= 0.3 is 0 Å². The summed E-state index contributed by atoms with van der Waals surface area (Å²) < 4.78 is 28.2. The Bertz CT molecular complexity index is 495. The molecule has 1 saturated carbocycles. The van der Waals surface area contributed by atoms with Gasteiger partial charge in [0.1, 0.15) is 0 Å². The average molecular weight is 241 g/mol. The van der Waals surface area contributed by atoms with Gasteiger partial charge in [0.15, 0.2) is 0 Å². The van der Waals surface area contributed by atoms with Gasteiger partial charge < -0.3 is 5.73 Å². The minimum atomic E-state index is -3.49. The van der Waals surface area contributed by atoms with E-state index in [1.807, 2.05) is 13.0 Å². The fraction of sp³-hybridized carbons (Fsp3) is 0.400. The second kappa shape index (κ2) is 3.95. The van der Waals surface area contributed by atoms with Gasteiger partial charge in [-0.05, 0) is 37.5 Å². The number of anilines is 2. The number of rotatable bonds is 4. The molecule has 0 aromatic heterocycles. The Balaban J connectivity index is 2.15. The molecule has 0 radical (unpaired) electrons. The van der Waals surface area contributed by atoms with E-state index in [1.165, 1.54) is 0 Å².